The average Bonchev–Trinajstić information content (AvgIpc) is 2.48. The molecule has 1 amide bonds. The van der Waals surface area contributed by atoms with Crippen molar-refractivity contribution in [3.63, 3.8) is 0 Å². The highest BCUT2D eigenvalue weighted by atomic mass is 16.6. The van der Waals surface area contributed by atoms with Crippen LogP contribution in [0.2, 0.25) is 0 Å². The van der Waals surface area contributed by atoms with Crippen molar-refractivity contribution in [3.8, 4) is 0 Å². The zero-order valence-electron chi connectivity index (χ0n) is 14.0. The van der Waals surface area contributed by atoms with Crippen molar-refractivity contribution in [1.82, 2.24) is 5.32 Å². The predicted octanol–water partition coefficient (Wildman–Crippen LogP) is -2.10. The fraction of sp³-hybridized carbons (Fsp3) is 0.857. The monoisotopic (exact) mass is 351 g/mol. The molecule has 0 aromatic rings. The van der Waals surface area contributed by atoms with Gasteiger partial charge in [0.05, 0.1) is 13.7 Å². The number of carbonyl (C=O) groups is 2. The highest BCUT2D eigenvalue weighted by Gasteiger charge is 2.49. The zero-order chi connectivity index (χ0) is 18.7. The molecule has 4 unspecified atom stereocenters. The first-order valence-corrected chi connectivity index (χ1v) is 7.39. The van der Waals surface area contributed by atoms with Crippen LogP contribution in [0.25, 0.3) is 0 Å². The Morgan fingerprint density at radius 2 is 1.75 bits per heavy atom. The van der Waals surface area contributed by atoms with Gasteiger partial charge in [0.1, 0.15) is 36.1 Å². The molecular formula is C14H25NO9. The van der Waals surface area contributed by atoms with Gasteiger partial charge in [0.15, 0.2) is 6.04 Å². The van der Waals surface area contributed by atoms with Crippen LogP contribution in [0, 0.1) is 0 Å². The van der Waals surface area contributed by atoms with Crippen molar-refractivity contribution in [2.75, 3.05) is 13.7 Å². The number of aliphatic hydroxyl groups is 4. The van der Waals surface area contributed by atoms with Gasteiger partial charge in [-0.25, -0.2) is 9.59 Å². The molecule has 1 aliphatic heterocycles. The van der Waals surface area contributed by atoms with E-state index in [1.807, 2.05) is 0 Å². The SMILES string of the molecule is COC(=O)C(NC(=O)OC(C)(C)C)[C@@H]1OC(CO)[C@@H](O)C(O)C1O. The number of hydrogen-bond acceptors (Lipinski definition) is 9. The topological polar surface area (TPSA) is 155 Å². The molecule has 1 heterocycles. The molecule has 0 spiro atoms. The minimum Gasteiger partial charge on any atom is -0.467 e. The van der Waals surface area contributed by atoms with Gasteiger partial charge in [-0.1, -0.05) is 0 Å². The predicted molar refractivity (Wildman–Crippen MR) is 78.9 cm³/mol. The average molecular weight is 351 g/mol. The number of ether oxygens (including phenoxy) is 3. The van der Waals surface area contributed by atoms with Gasteiger partial charge in [0.25, 0.3) is 0 Å². The molecule has 1 rings (SSSR count). The van der Waals surface area contributed by atoms with Gasteiger partial charge in [-0.15, -0.1) is 0 Å². The Labute approximate surface area is 139 Å². The van der Waals surface area contributed by atoms with Gasteiger partial charge in [0.2, 0.25) is 0 Å². The largest absolute Gasteiger partial charge is 0.467 e. The Balaban J connectivity index is 2.98. The summed E-state index contributed by atoms with van der Waals surface area (Å²) in [6.45, 7) is 4.19. The molecule has 140 valence electrons. The minimum atomic E-state index is -1.71. The standard InChI is InChI=1S/C14H25NO9/c1-14(2,3)24-13(21)15-7(12(20)22-4)11-10(19)9(18)8(17)6(5-16)23-11/h6-11,16-19H,5H2,1-4H3,(H,15,21)/t6?,7?,8-,9?,10?,11+/m1/s1. The summed E-state index contributed by atoms with van der Waals surface area (Å²) in [5.41, 5.74) is -0.833. The molecule has 0 aliphatic carbocycles. The van der Waals surface area contributed by atoms with Crippen LogP contribution in [-0.2, 0) is 19.0 Å². The Morgan fingerprint density at radius 1 is 1.17 bits per heavy atom. The highest BCUT2D eigenvalue weighted by Crippen LogP contribution is 2.24. The van der Waals surface area contributed by atoms with Gasteiger partial charge < -0.3 is 40.0 Å². The lowest BCUT2D eigenvalue weighted by Gasteiger charge is -2.42. The lowest BCUT2D eigenvalue weighted by Crippen LogP contribution is -2.65. The molecular weight excluding hydrogens is 326 g/mol. The summed E-state index contributed by atoms with van der Waals surface area (Å²) in [7, 11) is 1.07. The molecule has 5 N–H and O–H groups in total. The fourth-order valence-corrected chi connectivity index (χ4v) is 2.24. The van der Waals surface area contributed by atoms with Crippen LogP contribution in [-0.4, -0.2) is 88.4 Å². The van der Waals surface area contributed by atoms with E-state index in [0.717, 1.165) is 7.11 Å². The van der Waals surface area contributed by atoms with Crippen LogP contribution in [0.4, 0.5) is 4.79 Å². The number of rotatable bonds is 4. The third kappa shape index (κ3) is 5.02. The van der Waals surface area contributed by atoms with E-state index in [4.69, 9.17) is 9.47 Å². The molecule has 10 heteroatoms. The number of hydrogen-bond donors (Lipinski definition) is 5. The van der Waals surface area contributed by atoms with Gasteiger partial charge in [-0.2, -0.15) is 0 Å². The van der Waals surface area contributed by atoms with Crippen molar-refractivity contribution in [2.24, 2.45) is 0 Å². The van der Waals surface area contributed by atoms with E-state index in [2.05, 4.69) is 10.1 Å². The van der Waals surface area contributed by atoms with Crippen LogP contribution >= 0.6 is 0 Å². The highest BCUT2D eigenvalue weighted by molar-refractivity contribution is 5.82. The summed E-state index contributed by atoms with van der Waals surface area (Å²) in [6, 6.07) is -1.52. The van der Waals surface area contributed by atoms with Gasteiger partial charge in [0, 0.05) is 0 Å². The van der Waals surface area contributed by atoms with E-state index >= 15 is 0 Å². The molecule has 1 aliphatic rings. The van der Waals surface area contributed by atoms with Crippen LogP contribution in [0.5, 0.6) is 0 Å². The molecule has 0 aromatic heterocycles. The number of methoxy groups -OCH3 is 1. The summed E-state index contributed by atoms with van der Waals surface area (Å²) in [5, 5.41) is 41.0. The molecule has 0 aromatic carbocycles. The second-order valence-corrected chi connectivity index (χ2v) is 6.44. The van der Waals surface area contributed by atoms with Crippen molar-refractivity contribution in [3.05, 3.63) is 0 Å². The third-order valence-corrected chi connectivity index (χ3v) is 3.39. The quantitative estimate of drug-likeness (QED) is 0.358. The molecule has 1 saturated heterocycles. The lowest BCUT2D eigenvalue weighted by atomic mass is 9.91. The summed E-state index contributed by atoms with van der Waals surface area (Å²) >= 11 is 0. The Kier molecular flexibility index (Phi) is 6.93. The minimum absolute atomic E-state index is 0.665. The number of amides is 1. The van der Waals surface area contributed by atoms with Crippen molar-refractivity contribution in [2.45, 2.75) is 62.9 Å². The fourth-order valence-electron chi connectivity index (χ4n) is 2.24. The number of esters is 1. The smallest absolute Gasteiger partial charge is 0.408 e. The molecule has 10 nitrogen and oxygen atoms in total. The molecule has 1 fully saturated rings. The summed E-state index contributed by atoms with van der Waals surface area (Å²) < 4.78 is 14.9. The first-order chi connectivity index (χ1) is 11.0. The molecule has 0 radical (unpaired) electrons. The van der Waals surface area contributed by atoms with E-state index in [0.29, 0.717) is 0 Å². The Bertz CT molecular complexity index is 448. The maximum Gasteiger partial charge on any atom is 0.408 e. The van der Waals surface area contributed by atoms with Gasteiger partial charge >= 0.3 is 12.1 Å². The zero-order valence-corrected chi connectivity index (χ0v) is 14.0. The number of nitrogens with one attached hydrogen (secondary N) is 1. The second-order valence-electron chi connectivity index (χ2n) is 6.44. The maximum atomic E-state index is 12.0. The molecule has 0 saturated carbocycles. The first-order valence-electron chi connectivity index (χ1n) is 7.39. The van der Waals surface area contributed by atoms with E-state index in [1.165, 1.54) is 0 Å². The summed E-state index contributed by atoms with van der Waals surface area (Å²) in [6.07, 6.45) is -8.62. The number of aliphatic hydroxyl groups excluding tert-OH is 4. The van der Waals surface area contributed by atoms with Crippen molar-refractivity contribution in [1.29, 1.82) is 0 Å². The van der Waals surface area contributed by atoms with E-state index in [1.54, 1.807) is 20.8 Å². The van der Waals surface area contributed by atoms with Crippen molar-refractivity contribution < 1.29 is 44.2 Å². The number of carbonyl (C=O) groups excluding carboxylic acids is 2. The second kappa shape index (κ2) is 8.08. The summed E-state index contributed by atoms with van der Waals surface area (Å²) in [4.78, 5) is 23.8. The first kappa shape index (κ1) is 20.6. The normalized spacial score (nSPS) is 31.9. The van der Waals surface area contributed by atoms with Crippen molar-refractivity contribution >= 4 is 12.1 Å². The van der Waals surface area contributed by atoms with Crippen LogP contribution in [0.3, 0.4) is 0 Å². The van der Waals surface area contributed by atoms with Crippen LogP contribution < -0.4 is 5.32 Å². The molecule has 24 heavy (non-hydrogen) atoms. The van der Waals surface area contributed by atoms with Gasteiger partial charge in [-0.05, 0) is 20.8 Å². The van der Waals surface area contributed by atoms with E-state index in [-0.39, 0.29) is 0 Å². The van der Waals surface area contributed by atoms with E-state index < -0.39 is 60.8 Å². The summed E-state index contributed by atoms with van der Waals surface area (Å²) in [5.74, 6) is -0.954. The molecule has 6 atom stereocenters. The Hall–Kier alpha value is -1.46. The van der Waals surface area contributed by atoms with Crippen LogP contribution in [0.15, 0.2) is 0 Å². The maximum absolute atomic E-state index is 12.0. The number of alkyl carbamates (subject to hydrolysis) is 1. The third-order valence-electron chi connectivity index (χ3n) is 3.39. The lowest BCUT2D eigenvalue weighted by molar-refractivity contribution is -0.236. The van der Waals surface area contributed by atoms with Crippen LogP contribution in [0.1, 0.15) is 20.8 Å². The van der Waals surface area contributed by atoms with E-state index in [9.17, 15) is 30.0 Å². The van der Waals surface area contributed by atoms with Gasteiger partial charge in [-0.3, -0.25) is 0 Å². The Morgan fingerprint density at radius 3 is 2.21 bits per heavy atom. The molecule has 0 bridgehead atoms.